The highest BCUT2D eigenvalue weighted by atomic mass is 16.6. The molecule has 1 unspecified atom stereocenters. The van der Waals surface area contributed by atoms with E-state index in [2.05, 4.69) is 5.32 Å². The van der Waals surface area contributed by atoms with Gasteiger partial charge in [0.1, 0.15) is 5.60 Å². The van der Waals surface area contributed by atoms with E-state index in [1.165, 1.54) is 19.3 Å². The molecular weight excluding hydrogens is 266 g/mol. The number of piperidine rings is 1. The van der Waals surface area contributed by atoms with Gasteiger partial charge in [0.05, 0.1) is 0 Å². The van der Waals surface area contributed by atoms with Crippen LogP contribution in [0, 0.1) is 11.3 Å². The Balaban J connectivity index is 2.16. The van der Waals surface area contributed by atoms with Gasteiger partial charge in [0, 0.05) is 5.41 Å². The first-order valence-electron chi connectivity index (χ1n) is 8.47. The predicted octanol–water partition coefficient (Wildman–Crippen LogP) is 2.64. The molecule has 1 saturated heterocycles. The SMILES string of the molecule is CC(C)(C)OC(=O)C(O)C1(C2CCCCC2)CCNCC1. The van der Waals surface area contributed by atoms with Gasteiger partial charge < -0.3 is 15.2 Å². The summed E-state index contributed by atoms with van der Waals surface area (Å²) in [6.45, 7) is 7.33. The number of hydrogen-bond acceptors (Lipinski definition) is 4. The van der Waals surface area contributed by atoms with E-state index in [9.17, 15) is 9.90 Å². The van der Waals surface area contributed by atoms with Gasteiger partial charge >= 0.3 is 5.97 Å². The van der Waals surface area contributed by atoms with Crippen LogP contribution in [0.25, 0.3) is 0 Å². The molecule has 0 aromatic heterocycles. The van der Waals surface area contributed by atoms with Gasteiger partial charge in [-0.2, -0.15) is 0 Å². The lowest BCUT2D eigenvalue weighted by Gasteiger charge is -2.47. The highest BCUT2D eigenvalue weighted by molar-refractivity contribution is 5.76. The second kappa shape index (κ2) is 6.66. The third-order valence-electron chi connectivity index (χ3n) is 5.13. The molecule has 21 heavy (non-hydrogen) atoms. The van der Waals surface area contributed by atoms with Crippen molar-refractivity contribution in [3.05, 3.63) is 0 Å². The zero-order valence-electron chi connectivity index (χ0n) is 13.8. The van der Waals surface area contributed by atoms with Gasteiger partial charge in [-0.05, 0) is 65.5 Å². The summed E-state index contributed by atoms with van der Waals surface area (Å²) in [5, 5.41) is 14.2. The topological polar surface area (TPSA) is 58.6 Å². The lowest BCUT2D eigenvalue weighted by atomic mass is 9.61. The smallest absolute Gasteiger partial charge is 0.336 e. The summed E-state index contributed by atoms with van der Waals surface area (Å²) < 4.78 is 5.46. The van der Waals surface area contributed by atoms with Gasteiger partial charge in [-0.3, -0.25) is 0 Å². The summed E-state index contributed by atoms with van der Waals surface area (Å²) in [6, 6.07) is 0. The number of carbonyl (C=O) groups excluding carboxylic acids is 1. The molecule has 4 heteroatoms. The standard InChI is InChI=1S/C17H31NO3/c1-16(2,3)21-15(20)14(19)17(9-11-18-12-10-17)13-7-5-4-6-8-13/h13-14,18-19H,4-12H2,1-3H3. The molecule has 1 aliphatic heterocycles. The normalized spacial score (nSPS) is 25.3. The highest BCUT2D eigenvalue weighted by Crippen LogP contribution is 2.47. The van der Waals surface area contributed by atoms with E-state index in [1.54, 1.807) is 0 Å². The molecule has 1 atom stereocenters. The monoisotopic (exact) mass is 297 g/mol. The van der Waals surface area contributed by atoms with Gasteiger partial charge in [-0.1, -0.05) is 19.3 Å². The van der Waals surface area contributed by atoms with Crippen molar-refractivity contribution in [3.8, 4) is 0 Å². The zero-order chi connectivity index (χ0) is 15.5. The molecule has 0 amide bonds. The van der Waals surface area contributed by atoms with E-state index >= 15 is 0 Å². The molecule has 2 fully saturated rings. The maximum Gasteiger partial charge on any atom is 0.336 e. The predicted molar refractivity (Wildman–Crippen MR) is 83.0 cm³/mol. The molecule has 0 radical (unpaired) electrons. The van der Waals surface area contributed by atoms with Gasteiger partial charge in [0.15, 0.2) is 6.10 Å². The number of aliphatic hydroxyl groups excluding tert-OH is 1. The minimum Gasteiger partial charge on any atom is -0.458 e. The minimum atomic E-state index is -0.984. The Morgan fingerprint density at radius 1 is 1.19 bits per heavy atom. The lowest BCUT2D eigenvalue weighted by molar-refractivity contribution is -0.179. The van der Waals surface area contributed by atoms with Crippen LogP contribution in [0.1, 0.15) is 65.7 Å². The molecular formula is C17H31NO3. The molecule has 1 aliphatic carbocycles. The van der Waals surface area contributed by atoms with Crippen molar-refractivity contribution in [2.45, 2.75) is 77.4 Å². The van der Waals surface area contributed by atoms with Gasteiger partial charge in [0.25, 0.3) is 0 Å². The van der Waals surface area contributed by atoms with Crippen molar-refractivity contribution in [3.63, 3.8) is 0 Å². The quantitative estimate of drug-likeness (QED) is 0.786. The van der Waals surface area contributed by atoms with Gasteiger partial charge in [-0.25, -0.2) is 4.79 Å². The van der Waals surface area contributed by atoms with Crippen molar-refractivity contribution in [2.75, 3.05) is 13.1 Å². The first-order valence-corrected chi connectivity index (χ1v) is 8.47. The molecule has 0 aromatic rings. The average Bonchev–Trinajstić information content (AvgIpc) is 2.46. The van der Waals surface area contributed by atoms with Crippen molar-refractivity contribution < 1.29 is 14.6 Å². The fourth-order valence-electron chi connectivity index (χ4n) is 4.07. The van der Waals surface area contributed by atoms with Crippen LogP contribution in [0.15, 0.2) is 0 Å². The lowest BCUT2D eigenvalue weighted by Crippen LogP contribution is -2.53. The van der Waals surface area contributed by atoms with E-state index in [-0.39, 0.29) is 5.41 Å². The fourth-order valence-corrected chi connectivity index (χ4v) is 4.07. The molecule has 1 heterocycles. The molecule has 2 rings (SSSR count). The van der Waals surface area contributed by atoms with E-state index in [0.29, 0.717) is 5.92 Å². The average molecular weight is 297 g/mol. The Bertz CT molecular complexity index is 350. The maximum absolute atomic E-state index is 12.4. The molecule has 122 valence electrons. The summed E-state index contributed by atoms with van der Waals surface area (Å²) in [5.41, 5.74) is -0.827. The van der Waals surface area contributed by atoms with E-state index < -0.39 is 17.7 Å². The van der Waals surface area contributed by atoms with Crippen LogP contribution >= 0.6 is 0 Å². The second-order valence-corrected chi connectivity index (χ2v) is 7.75. The summed E-state index contributed by atoms with van der Waals surface area (Å²) in [5.74, 6) is 0.0193. The fraction of sp³-hybridized carbons (Fsp3) is 0.941. The molecule has 2 N–H and O–H groups in total. The number of esters is 1. The van der Waals surface area contributed by atoms with Crippen LogP contribution < -0.4 is 5.32 Å². The number of nitrogens with one attached hydrogen (secondary N) is 1. The molecule has 0 aromatic carbocycles. The number of carbonyl (C=O) groups is 1. The molecule has 0 spiro atoms. The first kappa shape index (κ1) is 16.8. The van der Waals surface area contributed by atoms with Crippen molar-refractivity contribution in [2.24, 2.45) is 11.3 Å². The molecule has 1 saturated carbocycles. The van der Waals surface area contributed by atoms with Crippen molar-refractivity contribution in [1.29, 1.82) is 0 Å². The summed E-state index contributed by atoms with van der Waals surface area (Å²) in [6.07, 6.45) is 6.77. The van der Waals surface area contributed by atoms with Crippen molar-refractivity contribution in [1.82, 2.24) is 5.32 Å². The number of hydrogen-bond donors (Lipinski definition) is 2. The van der Waals surface area contributed by atoms with E-state index in [4.69, 9.17) is 4.74 Å². The minimum absolute atomic E-state index is 0.284. The number of ether oxygens (including phenoxy) is 1. The van der Waals surface area contributed by atoms with Crippen LogP contribution in [-0.4, -0.2) is 35.9 Å². The van der Waals surface area contributed by atoms with Crippen LogP contribution in [0.5, 0.6) is 0 Å². The first-order chi connectivity index (χ1) is 9.85. The zero-order valence-corrected chi connectivity index (χ0v) is 13.8. The molecule has 0 bridgehead atoms. The van der Waals surface area contributed by atoms with Crippen LogP contribution in [-0.2, 0) is 9.53 Å². The molecule has 2 aliphatic rings. The third-order valence-corrected chi connectivity index (χ3v) is 5.13. The maximum atomic E-state index is 12.4. The highest BCUT2D eigenvalue weighted by Gasteiger charge is 2.49. The summed E-state index contributed by atoms with van der Waals surface area (Å²) >= 11 is 0. The third kappa shape index (κ3) is 3.98. The Morgan fingerprint density at radius 2 is 1.76 bits per heavy atom. The van der Waals surface area contributed by atoms with Crippen LogP contribution in [0.3, 0.4) is 0 Å². The van der Waals surface area contributed by atoms with E-state index in [0.717, 1.165) is 38.8 Å². The van der Waals surface area contributed by atoms with Crippen molar-refractivity contribution >= 4 is 5.97 Å². The largest absolute Gasteiger partial charge is 0.458 e. The van der Waals surface area contributed by atoms with Gasteiger partial charge in [0.2, 0.25) is 0 Å². The number of aliphatic hydroxyl groups is 1. The summed E-state index contributed by atoms with van der Waals surface area (Å²) in [7, 11) is 0. The summed E-state index contributed by atoms with van der Waals surface area (Å²) in [4.78, 5) is 12.4. The van der Waals surface area contributed by atoms with E-state index in [1.807, 2.05) is 20.8 Å². The second-order valence-electron chi connectivity index (χ2n) is 7.75. The van der Waals surface area contributed by atoms with Gasteiger partial charge in [-0.15, -0.1) is 0 Å². The Labute approximate surface area is 128 Å². The van der Waals surface area contributed by atoms with Crippen LogP contribution in [0.2, 0.25) is 0 Å². The Kier molecular flexibility index (Phi) is 5.31. The Morgan fingerprint density at radius 3 is 2.29 bits per heavy atom. The number of rotatable bonds is 3. The van der Waals surface area contributed by atoms with Crippen LogP contribution in [0.4, 0.5) is 0 Å². The molecule has 4 nitrogen and oxygen atoms in total. The Hall–Kier alpha value is -0.610.